The van der Waals surface area contributed by atoms with Gasteiger partial charge in [-0.15, -0.1) is 0 Å². The van der Waals surface area contributed by atoms with E-state index < -0.39 is 0 Å². The molecule has 140 valence electrons. The third kappa shape index (κ3) is 3.93. The number of benzene rings is 1. The number of carbonyl (C=O) groups is 2. The molecule has 3 amide bonds. The van der Waals surface area contributed by atoms with Crippen molar-refractivity contribution in [2.24, 2.45) is 0 Å². The fourth-order valence-electron chi connectivity index (χ4n) is 3.51. The highest BCUT2D eigenvalue weighted by atomic mass is 16.2. The Morgan fingerprint density at radius 1 is 1.00 bits per heavy atom. The minimum absolute atomic E-state index is 0.0462. The van der Waals surface area contributed by atoms with Crippen LogP contribution in [-0.4, -0.2) is 66.0 Å². The van der Waals surface area contributed by atoms with E-state index in [1.165, 1.54) is 0 Å². The topological polar surface area (TPSA) is 68.8 Å². The molecule has 0 bridgehead atoms. The van der Waals surface area contributed by atoms with Gasteiger partial charge in [0.2, 0.25) is 0 Å². The van der Waals surface area contributed by atoms with E-state index in [0.717, 1.165) is 31.0 Å². The van der Waals surface area contributed by atoms with E-state index in [1.54, 1.807) is 4.90 Å². The van der Waals surface area contributed by atoms with Gasteiger partial charge in [-0.3, -0.25) is 19.6 Å². The smallest absolute Gasteiger partial charge is 0.321 e. The van der Waals surface area contributed by atoms with Crippen LogP contribution in [0.4, 0.5) is 10.5 Å². The van der Waals surface area contributed by atoms with Crippen LogP contribution >= 0.6 is 0 Å². The lowest BCUT2D eigenvalue weighted by atomic mass is 10.1. The minimum Gasteiger partial charge on any atom is -0.336 e. The second-order valence-corrected chi connectivity index (χ2v) is 6.82. The molecule has 0 atom stereocenters. The van der Waals surface area contributed by atoms with Crippen molar-refractivity contribution in [3.8, 4) is 0 Å². The van der Waals surface area contributed by atoms with E-state index in [4.69, 9.17) is 0 Å². The average Bonchev–Trinajstić information content (AvgIpc) is 3.15. The van der Waals surface area contributed by atoms with E-state index in [9.17, 15) is 9.59 Å². The predicted octanol–water partition coefficient (Wildman–Crippen LogP) is 1.57. The molecule has 0 aliphatic carbocycles. The molecular formula is C20H23N5O2. The molecule has 27 heavy (non-hydrogen) atoms. The Labute approximate surface area is 158 Å². The number of carbonyl (C=O) groups excluding carboxylic acids is 2. The first-order chi connectivity index (χ1) is 13.2. The standard InChI is InChI=1S/C20H23N5O2/c26-19(16-4-6-18(7-5-16)25-10-9-22-20(25)27)24-13-11-23(12-14-24)15-17-3-1-2-8-21-17/h1-8H,9-15H2,(H,22,27). The Morgan fingerprint density at radius 3 is 2.41 bits per heavy atom. The number of nitrogens with one attached hydrogen (secondary N) is 1. The van der Waals surface area contributed by atoms with Crippen LogP contribution in [0, 0.1) is 0 Å². The number of aromatic nitrogens is 1. The molecule has 2 aliphatic rings. The molecule has 2 fully saturated rings. The Hall–Kier alpha value is -2.93. The summed E-state index contributed by atoms with van der Waals surface area (Å²) in [4.78, 5) is 34.8. The normalized spacial score (nSPS) is 17.9. The number of anilines is 1. The Kier molecular flexibility index (Phi) is 5.02. The number of hydrogen-bond acceptors (Lipinski definition) is 4. The van der Waals surface area contributed by atoms with Crippen LogP contribution in [0.3, 0.4) is 0 Å². The molecule has 1 aromatic heterocycles. The summed E-state index contributed by atoms with van der Waals surface area (Å²) in [7, 11) is 0. The number of nitrogens with zero attached hydrogens (tertiary/aromatic N) is 4. The largest absolute Gasteiger partial charge is 0.336 e. The van der Waals surface area contributed by atoms with E-state index in [0.29, 0.717) is 31.7 Å². The maximum Gasteiger partial charge on any atom is 0.321 e. The van der Waals surface area contributed by atoms with Crippen LogP contribution in [-0.2, 0) is 6.54 Å². The van der Waals surface area contributed by atoms with E-state index in [-0.39, 0.29) is 11.9 Å². The fourth-order valence-corrected chi connectivity index (χ4v) is 3.51. The zero-order valence-electron chi connectivity index (χ0n) is 15.2. The summed E-state index contributed by atoms with van der Waals surface area (Å²) < 4.78 is 0. The van der Waals surface area contributed by atoms with Gasteiger partial charge in [-0.2, -0.15) is 0 Å². The average molecular weight is 365 g/mol. The fraction of sp³-hybridized carbons (Fsp3) is 0.350. The molecule has 1 N–H and O–H groups in total. The SMILES string of the molecule is O=C(c1ccc(N2CCNC2=O)cc1)N1CCN(Cc2ccccn2)CC1. The number of rotatable bonds is 4. The minimum atomic E-state index is -0.0851. The monoisotopic (exact) mass is 365 g/mol. The van der Waals surface area contributed by atoms with Gasteiger partial charge < -0.3 is 10.2 Å². The molecule has 2 saturated heterocycles. The van der Waals surface area contributed by atoms with Gasteiger partial charge in [0.1, 0.15) is 0 Å². The summed E-state index contributed by atoms with van der Waals surface area (Å²) in [5.74, 6) is 0.0462. The summed E-state index contributed by atoms with van der Waals surface area (Å²) in [6.45, 7) is 5.23. The Morgan fingerprint density at radius 2 is 1.78 bits per heavy atom. The molecule has 3 heterocycles. The van der Waals surface area contributed by atoms with Crippen molar-refractivity contribution in [2.45, 2.75) is 6.54 Å². The van der Waals surface area contributed by atoms with Crippen LogP contribution in [0.1, 0.15) is 16.1 Å². The van der Waals surface area contributed by atoms with Crippen molar-refractivity contribution < 1.29 is 9.59 Å². The molecule has 1 aromatic carbocycles. The summed E-state index contributed by atoms with van der Waals surface area (Å²) in [6.07, 6.45) is 1.81. The van der Waals surface area contributed by atoms with E-state index in [1.807, 2.05) is 53.6 Å². The molecule has 2 aromatic rings. The first kappa shape index (κ1) is 17.5. The third-order valence-corrected chi connectivity index (χ3v) is 5.05. The van der Waals surface area contributed by atoms with Gasteiger partial charge in [-0.1, -0.05) is 6.07 Å². The first-order valence-corrected chi connectivity index (χ1v) is 9.28. The van der Waals surface area contributed by atoms with Crippen LogP contribution in [0.25, 0.3) is 0 Å². The van der Waals surface area contributed by atoms with Crippen molar-refractivity contribution >= 4 is 17.6 Å². The van der Waals surface area contributed by atoms with Gasteiger partial charge in [0.05, 0.1) is 5.69 Å². The molecule has 0 radical (unpaired) electrons. The Balaban J connectivity index is 1.33. The molecule has 7 nitrogen and oxygen atoms in total. The summed E-state index contributed by atoms with van der Waals surface area (Å²) in [5.41, 5.74) is 2.54. The first-order valence-electron chi connectivity index (χ1n) is 9.28. The second-order valence-electron chi connectivity index (χ2n) is 6.82. The lowest BCUT2D eigenvalue weighted by molar-refractivity contribution is 0.0627. The number of piperazine rings is 1. The van der Waals surface area contributed by atoms with Crippen LogP contribution < -0.4 is 10.2 Å². The number of hydrogen-bond donors (Lipinski definition) is 1. The molecule has 2 aliphatic heterocycles. The summed E-state index contributed by atoms with van der Waals surface area (Å²) in [6, 6.07) is 13.2. The van der Waals surface area contributed by atoms with Crippen LogP contribution in [0.2, 0.25) is 0 Å². The predicted molar refractivity (Wildman–Crippen MR) is 103 cm³/mol. The third-order valence-electron chi connectivity index (χ3n) is 5.05. The lowest BCUT2D eigenvalue weighted by Gasteiger charge is -2.34. The van der Waals surface area contributed by atoms with Crippen molar-refractivity contribution in [2.75, 3.05) is 44.2 Å². The maximum atomic E-state index is 12.8. The zero-order valence-corrected chi connectivity index (χ0v) is 15.2. The molecule has 4 rings (SSSR count). The number of urea groups is 1. The van der Waals surface area contributed by atoms with Gasteiger partial charge in [0.15, 0.2) is 0 Å². The highest BCUT2D eigenvalue weighted by Crippen LogP contribution is 2.19. The lowest BCUT2D eigenvalue weighted by Crippen LogP contribution is -2.48. The van der Waals surface area contributed by atoms with E-state index in [2.05, 4.69) is 15.2 Å². The van der Waals surface area contributed by atoms with Crippen LogP contribution in [0.15, 0.2) is 48.7 Å². The van der Waals surface area contributed by atoms with Gasteiger partial charge in [0, 0.05) is 63.3 Å². The van der Waals surface area contributed by atoms with Gasteiger partial charge in [-0.05, 0) is 36.4 Å². The highest BCUT2D eigenvalue weighted by Gasteiger charge is 2.24. The second kappa shape index (κ2) is 7.75. The molecule has 0 spiro atoms. The van der Waals surface area contributed by atoms with Crippen LogP contribution in [0.5, 0.6) is 0 Å². The van der Waals surface area contributed by atoms with Crippen molar-refractivity contribution in [1.82, 2.24) is 20.1 Å². The zero-order chi connectivity index (χ0) is 18.6. The summed E-state index contributed by atoms with van der Waals surface area (Å²) >= 11 is 0. The molecule has 0 saturated carbocycles. The highest BCUT2D eigenvalue weighted by molar-refractivity contribution is 5.97. The van der Waals surface area contributed by atoms with Crippen molar-refractivity contribution in [3.05, 3.63) is 59.9 Å². The molecule has 7 heteroatoms. The molecule has 0 unspecified atom stereocenters. The summed E-state index contributed by atoms with van der Waals surface area (Å²) in [5, 5.41) is 2.78. The molecular weight excluding hydrogens is 342 g/mol. The number of amides is 3. The van der Waals surface area contributed by atoms with Gasteiger partial charge in [0.25, 0.3) is 5.91 Å². The quantitative estimate of drug-likeness (QED) is 0.893. The van der Waals surface area contributed by atoms with Gasteiger partial charge >= 0.3 is 6.03 Å². The maximum absolute atomic E-state index is 12.8. The van der Waals surface area contributed by atoms with Gasteiger partial charge in [-0.25, -0.2) is 4.79 Å². The van der Waals surface area contributed by atoms with Crippen molar-refractivity contribution in [1.29, 1.82) is 0 Å². The number of pyridine rings is 1. The van der Waals surface area contributed by atoms with Crippen molar-refractivity contribution in [3.63, 3.8) is 0 Å². The Bertz CT molecular complexity index is 801. The van der Waals surface area contributed by atoms with E-state index >= 15 is 0 Å².